The number of hydrogen-bond donors (Lipinski definition) is 1. The Hall–Kier alpha value is -1.54. The SMILES string of the molecule is CC/C=C\C/C=C\C/C=C\C/C=C\CCCCCCCCCCCOCC(COP(=O)(O)OCC[N+](C)(C)C)OC(=O)CCCCCCCCCCCCCCCCCCCCCCCCCC. The molecule has 0 saturated heterocycles. The minimum absolute atomic E-state index is 0.0878. The van der Waals surface area contributed by atoms with E-state index in [1.54, 1.807) is 0 Å². The van der Waals surface area contributed by atoms with Crippen molar-refractivity contribution in [3.63, 3.8) is 0 Å². The van der Waals surface area contributed by atoms with E-state index in [4.69, 9.17) is 18.5 Å². The van der Waals surface area contributed by atoms with Gasteiger partial charge in [-0.1, -0.05) is 255 Å². The average molecular weight is 980 g/mol. The molecule has 0 aliphatic carbocycles. The Bertz CT molecular complexity index is 1230. The third-order valence-corrected chi connectivity index (χ3v) is 13.6. The van der Waals surface area contributed by atoms with Gasteiger partial charge in [-0.3, -0.25) is 13.8 Å². The van der Waals surface area contributed by atoms with Crippen LogP contribution in [0.3, 0.4) is 0 Å². The van der Waals surface area contributed by atoms with E-state index in [0.717, 1.165) is 57.8 Å². The average Bonchev–Trinajstić information content (AvgIpc) is 3.30. The topological polar surface area (TPSA) is 91.3 Å². The zero-order valence-corrected chi connectivity index (χ0v) is 46.5. The fourth-order valence-corrected chi connectivity index (χ4v) is 8.99. The standard InChI is InChI=1S/C59H112NO7P/c1-6-8-10-12-14-16-18-20-22-24-26-28-30-31-32-34-36-38-40-42-44-46-48-50-52-59(61)67-58(57-66-68(62,63)65-55-53-60(3,4)5)56-64-54-51-49-47-45-43-41-39-37-35-33-29-27-25-23-21-19-17-15-13-11-9-7-2/h9,11,15,17,21,23,27,29,58H,6-8,10,12-14,16,18-20,22,24-26,28,30-57H2,1-5H3/p+1/b11-9-,17-15-,23-21-,29-27-. The van der Waals surface area contributed by atoms with Crippen LogP contribution in [0.25, 0.3) is 0 Å². The van der Waals surface area contributed by atoms with Crippen molar-refractivity contribution in [1.29, 1.82) is 0 Å². The van der Waals surface area contributed by atoms with E-state index in [-0.39, 0.29) is 25.8 Å². The van der Waals surface area contributed by atoms with Crippen molar-refractivity contribution in [1.82, 2.24) is 0 Å². The van der Waals surface area contributed by atoms with E-state index in [1.807, 2.05) is 21.1 Å². The van der Waals surface area contributed by atoms with E-state index in [0.29, 0.717) is 24.1 Å². The predicted octanol–water partition coefficient (Wildman–Crippen LogP) is 18.2. The Morgan fingerprint density at radius 3 is 1.28 bits per heavy atom. The number of carbonyl (C=O) groups excluding carboxylic acids is 1. The maximum absolute atomic E-state index is 12.8. The first-order chi connectivity index (χ1) is 33.1. The van der Waals surface area contributed by atoms with Gasteiger partial charge in [-0.15, -0.1) is 0 Å². The van der Waals surface area contributed by atoms with Crippen LogP contribution in [0.5, 0.6) is 0 Å². The number of esters is 1. The molecular formula is C59H113NO7P+. The Kier molecular flexibility index (Phi) is 50.6. The summed E-state index contributed by atoms with van der Waals surface area (Å²) in [7, 11) is 1.67. The normalized spacial score (nSPS) is 13.8. The Morgan fingerprint density at radius 2 is 0.853 bits per heavy atom. The van der Waals surface area contributed by atoms with Gasteiger partial charge in [-0.25, -0.2) is 4.57 Å². The fraction of sp³-hybridized carbons (Fsp3) is 0.847. The summed E-state index contributed by atoms with van der Waals surface area (Å²) >= 11 is 0. The van der Waals surface area contributed by atoms with Gasteiger partial charge in [0, 0.05) is 13.0 Å². The first-order valence-corrected chi connectivity index (χ1v) is 30.4. The van der Waals surface area contributed by atoms with Crippen molar-refractivity contribution >= 4 is 13.8 Å². The molecule has 8 nitrogen and oxygen atoms in total. The van der Waals surface area contributed by atoms with Crippen LogP contribution < -0.4 is 0 Å². The molecule has 0 spiro atoms. The van der Waals surface area contributed by atoms with E-state index in [1.165, 1.54) is 186 Å². The second-order valence-electron chi connectivity index (χ2n) is 20.7. The number of likely N-dealkylation sites (N-methyl/N-ethyl adjacent to an activating group) is 1. The highest BCUT2D eigenvalue weighted by molar-refractivity contribution is 7.47. The highest BCUT2D eigenvalue weighted by atomic mass is 31.2. The second kappa shape index (κ2) is 51.8. The van der Waals surface area contributed by atoms with E-state index >= 15 is 0 Å². The summed E-state index contributed by atoms with van der Waals surface area (Å²) in [4.78, 5) is 23.1. The van der Waals surface area contributed by atoms with Gasteiger partial charge >= 0.3 is 13.8 Å². The molecule has 2 unspecified atom stereocenters. The zero-order valence-electron chi connectivity index (χ0n) is 45.6. The van der Waals surface area contributed by atoms with Crippen molar-refractivity contribution in [2.45, 2.75) is 270 Å². The number of allylic oxidation sites excluding steroid dienone is 8. The molecule has 0 aromatic heterocycles. The van der Waals surface area contributed by atoms with Crippen LogP contribution in [0, 0.1) is 0 Å². The van der Waals surface area contributed by atoms with Crippen LogP contribution in [-0.4, -0.2) is 75.6 Å². The monoisotopic (exact) mass is 979 g/mol. The highest BCUT2D eigenvalue weighted by Crippen LogP contribution is 2.43. The summed E-state index contributed by atoms with van der Waals surface area (Å²) in [6.07, 6.45) is 66.0. The maximum Gasteiger partial charge on any atom is 0.472 e. The number of phosphoric ester groups is 1. The van der Waals surface area contributed by atoms with E-state index < -0.39 is 13.9 Å². The third-order valence-electron chi connectivity index (χ3n) is 12.7. The maximum atomic E-state index is 12.8. The fourth-order valence-electron chi connectivity index (χ4n) is 8.25. The number of hydrogen-bond acceptors (Lipinski definition) is 6. The summed E-state index contributed by atoms with van der Waals surface area (Å²) in [6, 6.07) is 0. The Morgan fingerprint density at radius 1 is 0.471 bits per heavy atom. The van der Waals surface area contributed by atoms with Gasteiger partial charge in [-0.05, 0) is 51.4 Å². The first-order valence-electron chi connectivity index (χ1n) is 28.9. The molecule has 0 amide bonds. The second-order valence-corrected chi connectivity index (χ2v) is 22.1. The molecule has 9 heteroatoms. The van der Waals surface area contributed by atoms with Gasteiger partial charge in [0.2, 0.25) is 0 Å². The molecule has 0 fully saturated rings. The smallest absolute Gasteiger partial charge is 0.457 e. The van der Waals surface area contributed by atoms with Crippen LogP contribution in [-0.2, 0) is 27.9 Å². The molecule has 0 radical (unpaired) electrons. The zero-order chi connectivity index (χ0) is 49.8. The minimum Gasteiger partial charge on any atom is -0.457 e. The Labute approximate surface area is 422 Å². The van der Waals surface area contributed by atoms with Gasteiger partial charge in [-0.2, -0.15) is 0 Å². The molecule has 2 atom stereocenters. The lowest BCUT2D eigenvalue weighted by Crippen LogP contribution is -2.37. The van der Waals surface area contributed by atoms with Gasteiger partial charge in [0.1, 0.15) is 19.3 Å². The number of phosphoric acid groups is 1. The quantitative estimate of drug-likeness (QED) is 0.0213. The number of quaternary nitrogens is 1. The summed E-state index contributed by atoms with van der Waals surface area (Å²) in [5, 5.41) is 0. The highest BCUT2D eigenvalue weighted by Gasteiger charge is 2.26. The molecule has 0 saturated carbocycles. The summed E-state index contributed by atoms with van der Waals surface area (Å²) in [6.45, 7) is 5.55. The van der Waals surface area contributed by atoms with Gasteiger partial charge in [0.05, 0.1) is 34.4 Å². The molecule has 0 heterocycles. The first kappa shape index (κ1) is 66.5. The largest absolute Gasteiger partial charge is 0.472 e. The molecule has 400 valence electrons. The van der Waals surface area contributed by atoms with Crippen molar-refractivity contribution in [3.05, 3.63) is 48.6 Å². The molecule has 1 N–H and O–H groups in total. The van der Waals surface area contributed by atoms with Gasteiger partial charge in [0.15, 0.2) is 0 Å². The minimum atomic E-state index is -4.29. The van der Waals surface area contributed by atoms with Crippen molar-refractivity contribution < 1.29 is 37.3 Å². The number of carbonyl (C=O) groups is 1. The molecule has 0 aliphatic heterocycles. The third kappa shape index (κ3) is 55.4. The van der Waals surface area contributed by atoms with Crippen molar-refractivity contribution in [2.75, 3.05) is 54.1 Å². The molecule has 0 bridgehead atoms. The van der Waals surface area contributed by atoms with E-state index in [9.17, 15) is 14.3 Å². The molecule has 0 rings (SSSR count). The predicted molar refractivity (Wildman–Crippen MR) is 293 cm³/mol. The molecule has 68 heavy (non-hydrogen) atoms. The number of ether oxygens (including phenoxy) is 2. The number of rotatable bonds is 54. The lowest BCUT2D eigenvalue weighted by Gasteiger charge is -2.24. The summed E-state index contributed by atoms with van der Waals surface area (Å²) in [5.74, 6) is -0.311. The number of unbranched alkanes of at least 4 members (excludes halogenated alkanes) is 32. The van der Waals surface area contributed by atoms with Crippen LogP contribution >= 0.6 is 7.82 Å². The molecule has 0 aromatic carbocycles. The molecule has 0 aromatic rings. The lowest BCUT2D eigenvalue weighted by molar-refractivity contribution is -0.870. The van der Waals surface area contributed by atoms with Crippen molar-refractivity contribution in [2.24, 2.45) is 0 Å². The summed E-state index contributed by atoms with van der Waals surface area (Å²) < 4.78 is 35.3. The van der Waals surface area contributed by atoms with E-state index in [2.05, 4.69) is 62.5 Å². The van der Waals surface area contributed by atoms with Crippen LogP contribution in [0.4, 0.5) is 0 Å². The van der Waals surface area contributed by atoms with Crippen molar-refractivity contribution in [3.8, 4) is 0 Å². The lowest BCUT2D eigenvalue weighted by atomic mass is 10.0. The number of nitrogens with zero attached hydrogens (tertiary/aromatic N) is 1. The summed E-state index contributed by atoms with van der Waals surface area (Å²) in [5.41, 5.74) is 0. The van der Waals surface area contributed by atoms with Crippen LogP contribution in [0.1, 0.15) is 264 Å². The van der Waals surface area contributed by atoms with Gasteiger partial charge in [0.25, 0.3) is 0 Å². The Balaban J connectivity index is 4.06. The molecule has 0 aliphatic rings. The van der Waals surface area contributed by atoms with Gasteiger partial charge < -0.3 is 18.9 Å². The van der Waals surface area contributed by atoms with Crippen LogP contribution in [0.2, 0.25) is 0 Å². The molecular weight excluding hydrogens is 866 g/mol. The van der Waals surface area contributed by atoms with Crippen LogP contribution in [0.15, 0.2) is 48.6 Å².